The standard InChI is InChI=1S/C19H23N5O3/c1-2-10-23-17(26)14-9-8-12(16(25)20-13-6-4-3-5-7-13)11-15(14)24-18(23)21-22-19(24)27/h8-9,11,13H,2-7,10H2,1H3,(H,20,25)(H,22,27). The van der Waals surface area contributed by atoms with Crippen LogP contribution in [0.4, 0.5) is 0 Å². The number of fused-ring (bicyclic) bond motifs is 3. The number of nitrogens with zero attached hydrogens (tertiary/aromatic N) is 3. The predicted molar refractivity (Wildman–Crippen MR) is 102 cm³/mol. The molecule has 142 valence electrons. The van der Waals surface area contributed by atoms with E-state index in [2.05, 4.69) is 15.5 Å². The molecule has 1 aliphatic carbocycles. The van der Waals surface area contributed by atoms with E-state index in [0.717, 1.165) is 32.1 Å². The molecule has 2 N–H and O–H groups in total. The monoisotopic (exact) mass is 369 g/mol. The van der Waals surface area contributed by atoms with Gasteiger partial charge in [-0.2, -0.15) is 0 Å². The zero-order valence-corrected chi connectivity index (χ0v) is 15.3. The summed E-state index contributed by atoms with van der Waals surface area (Å²) in [6.45, 7) is 2.42. The predicted octanol–water partition coefficient (Wildman–Crippen LogP) is 1.81. The van der Waals surface area contributed by atoms with Crippen molar-refractivity contribution in [3.63, 3.8) is 0 Å². The molecule has 1 aliphatic rings. The van der Waals surface area contributed by atoms with Crippen molar-refractivity contribution in [3.8, 4) is 0 Å². The summed E-state index contributed by atoms with van der Waals surface area (Å²) in [7, 11) is 0. The van der Waals surface area contributed by atoms with E-state index >= 15 is 0 Å². The highest BCUT2D eigenvalue weighted by atomic mass is 16.2. The topological polar surface area (TPSA) is 101 Å². The first-order valence-corrected chi connectivity index (χ1v) is 9.54. The van der Waals surface area contributed by atoms with Crippen LogP contribution in [-0.2, 0) is 6.54 Å². The van der Waals surface area contributed by atoms with Crippen molar-refractivity contribution >= 4 is 22.6 Å². The van der Waals surface area contributed by atoms with Gasteiger partial charge in [-0.3, -0.25) is 14.2 Å². The number of hydrogen-bond acceptors (Lipinski definition) is 4. The lowest BCUT2D eigenvalue weighted by molar-refractivity contribution is 0.0928. The molecule has 3 aromatic rings. The van der Waals surface area contributed by atoms with Gasteiger partial charge in [0.25, 0.3) is 11.5 Å². The van der Waals surface area contributed by atoms with Crippen LogP contribution in [0.2, 0.25) is 0 Å². The number of benzene rings is 1. The van der Waals surface area contributed by atoms with Gasteiger partial charge in [-0.1, -0.05) is 26.2 Å². The maximum absolute atomic E-state index is 12.8. The number of aromatic nitrogens is 4. The third kappa shape index (κ3) is 3.05. The second-order valence-corrected chi connectivity index (χ2v) is 7.16. The number of aryl methyl sites for hydroxylation is 1. The summed E-state index contributed by atoms with van der Waals surface area (Å²) in [6.07, 6.45) is 6.20. The molecule has 8 heteroatoms. The molecule has 1 fully saturated rings. The van der Waals surface area contributed by atoms with Crippen molar-refractivity contribution in [2.24, 2.45) is 0 Å². The van der Waals surface area contributed by atoms with Crippen molar-refractivity contribution in [2.45, 2.75) is 58.0 Å². The van der Waals surface area contributed by atoms with Crippen molar-refractivity contribution < 1.29 is 4.79 Å². The van der Waals surface area contributed by atoms with E-state index in [0.29, 0.717) is 23.0 Å². The smallest absolute Gasteiger partial charge is 0.349 e. The Hall–Kier alpha value is -2.90. The van der Waals surface area contributed by atoms with E-state index in [1.165, 1.54) is 15.4 Å². The Bertz CT molecular complexity index is 1120. The van der Waals surface area contributed by atoms with Crippen LogP contribution in [0.3, 0.4) is 0 Å². The molecule has 8 nitrogen and oxygen atoms in total. The molecule has 0 spiro atoms. The summed E-state index contributed by atoms with van der Waals surface area (Å²) in [5, 5.41) is 9.88. The first-order valence-electron chi connectivity index (χ1n) is 9.54. The average molecular weight is 369 g/mol. The first kappa shape index (κ1) is 17.5. The number of H-pyrrole nitrogens is 1. The van der Waals surface area contributed by atoms with Gasteiger partial charge in [-0.25, -0.2) is 14.3 Å². The van der Waals surface area contributed by atoms with Crippen LogP contribution in [0.15, 0.2) is 27.8 Å². The quantitative estimate of drug-likeness (QED) is 0.732. The molecular formula is C19H23N5O3. The fraction of sp³-hybridized carbons (Fsp3) is 0.474. The normalized spacial score (nSPS) is 15.4. The molecule has 0 bridgehead atoms. The summed E-state index contributed by atoms with van der Waals surface area (Å²) < 4.78 is 2.85. The van der Waals surface area contributed by atoms with Crippen LogP contribution in [0.25, 0.3) is 16.7 Å². The molecule has 27 heavy (non-hydrogen) atoms. The number of nitrogens with one attached hydrogen (secondary N) is 2. The van der Waals surface area contributed by atoms with E-state index < -0.39 is 5.69 Å². The Labute approximate surface area is 155 Å². The third-order valence-corrected chi connectivity index (χ3v) is 5.26. The number of aromatic amines is 1. The van der Waals surface area contributed by atoms with E-state index in [9.17, 15) is 14.4 Å². The van der Waals surface area contributed by atoms with Crippen LogP contribution in [0, 0.1) is 0 Å². The van der Waals surface area contributed by atoms with Gasteiger partial charge in [0.05, 0.1) is 10.9 Å². The molecule has 0 unspecified atom stereocenters. The van der Waals surface area contributed by atoms with Gasteiger partial charge in [0.1, 0.15) is 0 Å². The molecule has 0 aliphatic heterocycles. The molecular weight excluding hydrogens is 346 g/mol. The van der Waals surface area contributed by atoms with Gasteiger partial charge in [0, 0.05) is 18.2 Å². The lowest BCUT2D eigenvalue weighted by Gasteiger charge is -2.22. The number of hydrogen-bond donors (Lipinski definition) is 2. The minimum Gasteiger partial charge on any atom is -0.349 e. The highest BCUT2D eigenvalue weighted by Gasteiger charge is 2.19. The zero-order chi connectivity index (χ0) is 19.0. The van der Waals surface area contributed by atoms with E-state index in [4.69, 9.17) is 0 Å². The molecule has 0 saturated heterocycles. The summed E-state index contributed by atoms with van der Waals surface area (Å²) in [6, 6.07) is 5.07. The fourth-order valence-corrected chi connectivity index (χ4v) is 3.90. The molecule has 0 radical (unpaired) electrons. The molecule has 1 amide bonds. The van der Waals surface area contributed by atoms with Gasteiger partial charge < -0.3 is 5.32 Å². The van der Waals surface area contributed by atoms with Crippen molar-refractivity contribution in [2.75, 3.05) is 0 Å². The van der Waals surface area contributed by atoms with E-state index in [-0.39, 0.29) is 23.3 Å². The average Bonchev–Trinajstić information content (AvgIpc) is 3.07. The van der Waals surface area contributed by atoms with Crippen LogP contribution < -0.4 is 16.6 Å². The number of carbonyl (C=O) groups is 1. The van der Waals surface area contributed by atoms with Gasteiger partial charge in [0.15, 0.2) is 0 Å². The van der Waals surface area contributed by atoms with Crippen LogP contribution in [-0.4, -0.2) is 31.1 Å². The first-order chi connectivity index (χ1) is 13.1. The number of amides is 1. The summed E-state index contributed by atoms with van der Waals surface area (Å²) in [5.41, 5.74) is 0.204. The van der Waals surface area contributed by atoms with Crippen LogP contribution in [0.5, 0.6) is 0 Å². The minimum absolute atomic E-state index is 0.175. The van der Waals surface area contributed by atoms with Gasteiger partial charge in [0.2, 0.25) is 5.78 Å². The molecule has 2 aromatic heterocycles. The maximum Gasteiger partial charge on any atom is 0.349 e. The van der Waals surface area contributed by atoms with Crippen LogP contribution >= 0.6 is 0 Å². The maximum atomic E-state index is 12.8. The van der Waals surface area contributed by atoms with Crippen LogP contribution in [0.1, 0.15) is 55.8 Å². The Morgan fingerprint density at radius 1 is 1.26 bits per heavy atom. The van der Waals surface area contributed by atoms with Gasteiger partial charge >= 0.3 is 5.69 Å². The lowest BCUT2D eigenvalue weighted by atomic mass is 9.95. The molecule has 1 aromatic carbocycles. The Balaban J connectivity index is 1.82. The van der Waals surface area contributed by atoms with Crippen molar-refractivity contribution in [1.82, 2.24) is 24.5 Å². The highest BCUT2D eigenvalue weighted by Crippen LogP contribution is 2.19. The van der Waals surface area contributed by atoms with E-state index in [1.807, 2.05) is 6.92 Å². The largest absolute Gasteiger partial charge is 0.349 e. The van der Waals surface area contributed by atoms with Gasteiger partial charge in [-0.15, -0.1) is 5.10 Å². The Kier molecular flexibility index (Phi) is 4.55. The SMILES string of the molecule is CCCn1c(=O)c2ccc(C(=O)NC3CCCCC3)cc2n2c(=O)[nH]nc12. The summed E-state index contributed by atoms with van der Waals surface area (Å²) >= 11 is 0. The Morgan fingerprint density at radius 3 is 2.78 bits per heavy atom. The van der Waals surface area contributed by atoms with Crippen molar-refractivity contribution in [1.29, 1.82) is 0 Å². The van der Waals surface area contributed by atoms with Gasteiger partial charge in [-0.05, 0) is 37.5 Å². The molecule has 1 saturated carbocycles. The molecule has 0 atom stereocenters. The fourth-order valence-electron chi connectivity index (χ4n) is 3.90. The number of rotatable bonds is 4. The second-order valence-electron chi connectivity index (χ2n) is 7.16. The Morgan fingerprint density at radius 2 is 2.04 bits per heavy atom. The van der Waals surface area contributed by atoms with Crippen molar-refractivity contribution in [3.05, 3.63) is 44.6 Å². The molecule has 2 heterocycles. The highest BCUT2D eigenvalue weighted by molar-refractivity contribution is 5.98. The number of carbonyl (C=O) groups excluding carboxylic acids is 1. The third-order valence-electron chi connectivity index (χ3n) is 5.26. The van der Waals surface area contributed by atoms with E-state index in [1.54, 1.807) is 18.2 Å². The second kappa shape index (κ2) is 7.02. The minimum atomic E-state index is -0.426. The zero-order valence-electron chi connectivity index (χ0n) is 15.3. The lowest BCUT2D eigenvalue weighted by Crippen LogP contribution is -2.36. The summed E-state index contributed by atoms with van der Waals surface area (Å²) in [4.78, 5) is 37.8. The molecule has 4 rings (SSSR count). The summed E-state index contributed by atoms with van der Waals surface area (Å²) in [5.74, 6) is 0.0930.